The Hall–Kier alpha value is -3.44. The molecule has 1 amide bonds. The lowest BCUT2D eigenvalue weighted by Gasteiger charge is -2.46. The fourth-order valence-corrected chi connectivity index (χ4v) is 9.05. The van der Waals surface area contributed by atoms with E-state index in [-0.39, 0.29) is 38.1 Å². The summed E-state index contributed by atoms with van der Waals surface area (Å²) in [5.41, 5.74) is 0. The van der Waals surface area contributed by atoms with E-state index in [4.69, 9.17) is 18.9 Å². The van der Waals surface area contributed by atoms with Crippen LogP contribution in [0, 0.1) is 17.8 Å². The number of cyclic esters (lactones) is 1. The number of fused-ring (bicyclic) bond motifs is 4. The number of carbonyl (C=O) groups is 2. The molecule has 5 bridgehead atoms. The van der Waals surface area contributed by atoms with E-state index in [2.05, 4.69) is 10.6 Å². The second kappa shape index (κ2) is 29.2. The molecule has 0 saturated carbocycles. The van der Waals surface area contributed by atoms with Gasteiger partial charge in [-0.05, 0) is 52.5 Å². The second-order valence-electron chi connectivity index (χ2n) is 19.1. The quantitative estimate of drug-likeness (QED) is 0.152. The number of nitrogens with one attached hydrogen (secondary N) is 2. The first-order chi connectivity index (χ1) is 32.8. The lowest BCUT2D eigenvalue weighted by Crippen LogP contribution is -2.63. The van der Waals surface area contributed by atoms with Gasteiger partial charge in [-0.3, -0.25) is 9.59 Å². The molecular formula is C51H80N2O16. The van der Waals surface area contributed by atoms with Gasteiger partial charge in [-0.25, -0.2) is 0 Å². The minimum absolute atomic E-state index is 0.0812. The summed E-state index contributed by atoms with van der Waals surface area (Å²) in [7, 11) is 0. The van der Waals surface area contributed by atoms with Crippen LogP contribution < -0.4 is 10.6 Å². The summed E-state index contributed by atoms with van der Waals surface area (Å²) in [6, 6.07) is -0.805. The molecule has 0 aromatic carbocycles. The van der Waals surface area contributed by atoms with E-state index in [0.717, 1.165) is 0 Å². The first kappa shape index (κ1) is 58.1. The third-order valence-corrected chi connectivity index (χ3v) is 13.3. The van der Waals surface area contributed by atoms with Crippen molar-refractivity contribution in [3.05, 3.63) is 85.1 Å². The molecule has 0 unspecified atom stereocenters. The lowest BCUT2D eigenvalue weighted by molar-refractivity contribution is -0.307. The van der Waals surface area contributed by atoms with Crippen molar-refractivity contribution < 1.29 is 79.6 Å². The van der Waals surface area contributed by atoms with Crippen LogP contribution in [0.5, 0.6) is 0 Å². The Morgan fingerprint density at radius 3 is 1.86 bits per heavy atom. The molecule has 18 heteroatoms. The zero-order valence-corrected chi connectivity index (χ0v) is 40.4. The number of hydrogen-bond donors (Lipinski definition) is 12. The van der Waals surface area contributed by atoms with Crippen LogP contribution in [0.25, 0.3) is 0 Å². The maximum atomic E-state index is 13.8. The third kappa shape index (κ3) is 19.3. The molecule has 390 valence electrons. The first-order valence-corrected chi connectivity index (χ1v) is 24.5. The minimum Gasteiger partial charge on any atom is -0.462 e. The Bertz CT molecular complexity index is 1770. The zero-order chi connectivity index (χ0) is 50.7. The van der Waals surface area contributed by atoms with Gasteiger partial charge in [0.2, 0.25) is 5.91 Å². The summed E-state index contributed by atoms with van der Waals surface area (Å²) >= 11 is 0. The smallest absolute Gasteiger partial charge is 0.308 e. The predicted molar refractivity (Wildman–Crippen MR) is 255 cm³/mol. The molecule has 0 aromatic heterocycles. The molecule has 0 spiro atoms. The van der Waals surface area contributed by atoms with Crippen molar-refractivity contribution >= 4 is 11.9 Å². The van der Waals surface area contributed by atoms with Crippen molar-refractivity contribution in [1.82, 2.24) is 10.6 Å². The van der Waals surface area contributed by atoms with Crippen LogP contribution >= 0.6 is 0 Å². The summed E-state index contributed by atoms with van der Waals surface area (Å²) in [4.78, 5) is 26.4. The molecular weight excluding hydrogens is 897 g/mol. The van der Waals surface area contributed by atoms with E-state index in [1.165, 1.54) is 0 Å². The van der Waals surface area contributed by atoms with Crippen molar-refractivity contribution in [2.24, 2.45) is 17.8 Å². The molecule has 4 aliphatic rings. The minimum atomic E-state index is -2.23. The summed E-state index contributed by atoms with van der Waals surface area (Å²) in [5, 5.41) is 117. The Labute approximate surface area is 406 Å². The molecule has 0 radical (unpaired) electrons. The maximum Gasteiger partial charge on any atom is 0.308 e. The molecule has 3 saturated heterocycles. The van der Waals surface area contributed by atoms with Gasteiger partial charge in [-0.2, -0.15) is 0 Å². The highest BCUT2D eigenvalue weighted by molar-refractivity contribution is 5.80. The van der Waals surface area contributed by atoms with Gasteiger partial charge >= 0.3 is 5.97 Å². The van der Waals surface area contributed by atoms with Gasteiger partial charge in [0, 0.05) is 44.1 Å². The Kier molecular flexibility index (Phi) is 24.6. The van der Waals surface area contributed by atoms with Crippen LogP contribution in [0.4, 0.5) is 0 Å². The van der Waals surface area contributed by atoms with E-state index < -0.39 is 147 Å². The molecule has 3 fully saturated rings. The SMILES string of the molecule is C[C@@H]1[C@H](O)[C@@H](C)\C=C/C=C/C=C/C=C/C=C/C=C/C=C/[C@H]2C[C@@H]3O[C@](O)(C[C@@H](O)C[C@@H](O)[C@H](O)CC[C@@H](O)C[C@@H](O)CC(=O)O[C@H]1C)C[C@H](O)[C@H]3C(=O)NCCCCN[C@H]1[C@H](O)[C@H](O2)O[C@H](C)[C@H]1O. The average Bonchev–Trinajstić information content (AvgIpc) is 3.27. The number of hydrogen-bond acceptors (Lipinski definition) is 17. The summed E-state index contributed by atoms with van der Waals surface area (Å²) in [6.07, 6.45) is 7.11. The number of allylic oxidation sites excluding steroid dienone is 12. The Morgan fingerprint density at radius 1 is 0.594 bits per heavy atom. The molecule has 69 heavy (non-hydrogen) atoms. The highest BCUT2D eigenvalue weighted by Crippen LogP contribution is 2.38. The van der Waals surface area contributed by atoms with Crippen LogP contribution in [0.3, 0.4) is 0 Å². The highest BCUT2D eigenvalue weighted by atomic mass is 16.7. The van der Waals surface area contributed by atoms with Crippen molar-refractivity contribution in [3.63, 3.8) is 0 Å². The standard InChI is InChI=1S/C51H80N2O16/c1-31-19-15-13-11-9-7-5-6-8-10-12-14-16-20-38-28-42-44(49(64)53-24-18-17-23-52-45-47(62)34(4)67-50(68-38)48(45)63)41(59)30-51(65,69-42)29-37(56)26-40(58)39(57)22-21-35(54)25-36(55)27-43(60)66-33(3)32(2)46(31)61/h5-16,19-20,31-42,44-48,50,52,54-59,61-63,65H,17-18,21-30H2,1-4H3,(H,53,64)/b6-5+,9-7+,10-8+,13-11+,14-12+,19-15-,20-16+/t31-,32-,33-,34+,35+,36+,37-,38-,39+,40+,41-,42-,44+,45+,46+,47+,48-,50-,51+/m0/s1. The molecule has 4 aliphatic heterocycles. The van der Waals surface area contributed by atoms with Gasteiger partial charge in [0.05, 0.1) is 85.5 Å². The summed E-state index contributed by atoms with van der Waals surface area (Å²) in [5.74, 6) is -5.40. The number of ether oxygens (including phenoxy) is 4. The summed E-state index contributed by atoms with van der Waals surface area (Å²) < 4.78 is 24.0. The normalized spacial score (nSPS) is 45.2. The Morgan fingerprint density at radius 2 is 1.20 bits per heavy atom. The van der Waals surface area contributed by atoms with Gasteiger partial charge in [0.1, 0.15) is 12.2 Å². The topological polar surface area (TPSA) is 297 Å². The largest absolute Gasteiger partial charge is 0.462 e. The average molecular weight is 977 g/mol. The van der Waals surface area contributed by atoms with Crippen LogP contribution in [0.1, 0.15) is 91.9 Å². The van der Waals surface area contributed by atoms with Gasteiger partial charge < -0.3 is 80.6 Å². The molecule has 0 aromatic rings. The number of aliphatic hydroxyl groups excluding tert-OH is 9. The number of carbonyl (C=O) groups excluding carboxylic acids is 2. The second-order valence-corrected chi connectivity index (χ2v) is 19.1. The fraction of sp³-hybridized carbons (Fsp3) is 0.686. The van der Waals surface area contributed by atoms with E-state index in [1.54, 1.807) is 51.2 Å². The van der Waals surface area contributed by atoms with Crippen LogP contribution in [-0.2, 0) is 28.5 Å². The van der Waals surface area contributed by atoms with Crippen molar-refractivity contribution in [2.45, 2.75) is 189 Å². The fourth-order valence-electron chi connectivity index (χ4n) is 9.05. The third-order valence-electron chi connectivity index (χ3n) is 13.3. The number of aliphatic hydroxyl groups is 10. The molecule has 4 rings (SSSR count). The van der Waals surface area contributed by atoms with Crippen molar-refractivity contribution in [1.29, 1.82) is 0 Å². The van der Waals surface area contributed by atoms with Gasteiger partial charge in [0.15, 0.2) is 12.1 Å². The van der Waals surface area contributed by atoms with E-state index in [1.807, 2.05) is 61.6 Å². The van der Waals surface area contributed by atoms with Gasteiger partial charge in [0.25, 0.3) is 0 Å². The highest BCUT2D eigenvalue weighted by Gasteiger charge is 2.51. The molecule has 4 heterocycles. The molecule has 12 N–H and O–H groups in total. The monoisotopic (exact) mass is 977 g/mol. The summed E-state index contributed by atoms with van der Waals surface area (Å²) in [6.45, 7) is 7.56. The van der Waals surface area contributed by atoms with Crippen molar-refractivity contribution in [3.8, 4) is 0 Å². The van der Waals surface area contributed by atoms with Crippen LogP contribution in [-0.4, -0.2) is 174 Å². The molecule has 19 atom stereocenters. The van der Waals surface area contributed by atoms with E-state index in [0.29, 0.717) is 19.4 Å². The number of amides is 1. The van der Waals surface area contributed by atoms with E-state index >= 15 is 0 Å². The zero-order valence-electron chi connectivity index (χ0n) is 40.4. The maximum absolute atomic E-state index is 13.8. The van der Waals surface area contributed by atoms with Crippen LogP contribution in [0.15, 0.2) is 85.1 Å². The predicted octanol–water partition coefficient (Wildman–Crippen LogP) is 1.17. The number of esters is 1. The van der Waals surface area contributed by atoms with Crippen LogP contribution in [0.2, 0.25) is 0 Å². The lowest BCUT2D eigenvalue weighted by atomic mass is 9.82. The van der Waals surface area contributed by atoms with Gasteiger partial charge in [-0.1, -0.05) is 98.9 Å². The first-order valence-electron chi connectivity index (χ1n) is 24.5. The molecule has 18 nitrogen and oxygen atoms in total. The van der Waals surface area contributed by atoms with Gasteiger partial charge in [-0.15, -0.1) is 0 Å². The van der Waals surface area contributed by atoms with E-state index in [9.17, 15) is 60.7 Å². The Balaban J connectivity index is 1.59. The number of rotatable bonds is 0. The molecule has 0 aliphatic carbocycles. The van der Waals surface area contributed by atoms with Crippen molar-refractivity contribution in [2.75, 3.05) is 13.1 Å².